The first kappa shape index (κ1) is 15.6. The Morgan fingerprint density at radius 3 is 2.64 bits per heavy atom. The zero-order chi connectivity index (χ0) is 15.2. The molecule has 1 atom stereocenters. The molecule has 0 fully saturated rings. The molecular formula is C19H23NOS. The van der Waals surface area contributed by atoms with Crippen LogP contribution in [0.4, 0.5) is 0 Å². The number of hydrogen-bond acceptors (Lipinski definition) is 3. The van der Waals surface area contributed by atoms with Gasteiger partial charge in [0.05, 0.1) is 6.61 Å². The summed E-state index contributed by atoms with van der Waals surface area (Å²) in [5, 5.41) is 12.8. The molecule has 22 heavy (non-hydrogen) atoms. The monoisotopic (exact) mass is 313 g/mol. The third-order valence-electron chi connectivity index (χ3n) is 4.24. The van der Waals surface area contributed by atoms with Gasteiger partial charge in [-0.3, -0.25) is 0 Å². The van der Waals surface area contributed by atoms with Gasteiger partial charge in [0.1, 0.15) is 0 Å². The lowest BCUT2D eigenvalue weighted by Crippen LogP contribution is -2.25. The van der Waals surface area contributed by atoms with Crippen LogP contribution in [0.5, 0.6) is 0 Å². The van der Waals surface area contributed by atoms with E-state index in [1.807, 2.05) is 23.9 Å². The van der Waals surface area contributed by atoms with E-state index in [2.05, 4.69) is 41.7 Å². The number of aryl methyl sites for hydroxylation is 1. The largest absolute Gasteiger partial charge is 0.392 e. The van der Waals surface area contributed by atoms with Gasteiger partial charge in [0.2, 0.25) is 0 Å². The molecule has 1 unspecified atom stereocenters. The van der Waals surface area contributed by atoms with Crippen LogP contribution in [-0.4, -0.2) is 23.2 Å². The third kappa shape index (κ3) is 3.92. The van der Waals surface area contributed by atoms with Gasteiger partial charge in [-0.1, -0.05) is 48.5 Å². The molecule has 2 N–H and O–H groups in total. The summed E-state index contributed by atoms with van der Waals surface area (Å²) in [6.07, 6.45) is 2.21. The Bertz CT molecular complexity index is 597. The van der Waals surface area contributed by atoms with Crippen LogP contribution in [0.15, 0.2) is 48.5 Å². The Hall–Kier alpha value is -1.29. The van der Waals surface area contributed by atoms with Crippen molar-refractivity contribution < 1.29 is 5.11 Å². The van der Waals surface area contributed by atoms with Crippen LogP contribution in [0.1, 0.15) is 28.3 Å². The van der Waals surface area contributed by atoms with Gasteiger partial charge >= 0.3 is 0 Å². The fourth-order valence-corrected chi connectivity index (χ4v) is 4.01. The van der Waals surface area contributed by atoms with E-state index in [0.29, 0.717) is 6.04 Å². The van der Waals surface area contributed by atoms with Crippen molar-refractivity contribution in [3.05, 3.63) is 70.8 Å². The summed E-state index contributed by atoms with van der Waals surface area (Å²) in [4.78, 5) is 0. The fraction of sp³-hybridized carbons (Fsp3) is 0.368. The van der Waals surface area contributed by atoms with E-state index in [4.69, 9.17) is 5.11 Å². The predicted molar refractivity (Wildman–Crippen MR) is 94.3 cm³/mol. The Labute approximate surface area is 137 Å². The molecule has 1 heterocycles. The van der Waals surface area contributed by atoms with Crippen molar-refractivity contribution in [1.82, 2.24) is 5.32 Å². The summed E-state index contributed by atoms with van der Waals surface area (Å²) in [6, 6.07) is 17.5. The molecule has 116 valence electrons. The van der Waals surface area contributed by atoms with Crippen LogP contribution in [0.3, 0.4) is 0 Å². The van der Waals surface area contributed by atoms with Crippen LogP contribution in [0, 0.1) is 0 Å². The number of rotatable bonds is 5. The van der Waals surface area contributed by atoms with Crippen LogP contribution in [0.25, 0.3) is 0 Å². The number of aliphatic hydroxyl groups is 1. The zero-order valence-corrected chi connectivity index (χ0v) is 13.6. The molecule has 2 nitrogen and oxygen atoms in total. The lowest BCUT2D eigenvalue weighted by molar-refractivity contribution is 0.282. The molecule has 2 aromatic carbocycles. The molecular weight excluding hydrogens is 290 g/mol. The molecule has 0 aliphatic carbocycles. The standard InChI is InChI=1S/C19H23NOS/c21-13-16-7-5-15(6-8-16)9-11-20-19-14-22-12-10-17-3-1-2-4-18(17)19/h1-8,19-21H,9-14H2. The first-order valence-corrected chi connectivity index (χ1v) is 9.10. The van der Waals surface area contributed by atoms with Crippen molar-refractivity contribution in [3.8, 4) is 0 Å². The smallest absolute Gasteiger partial charge is 0.0681 e. The molecule has 2 aromatic rings. The van der Waals surface area contributed by atoms with Gasteiger partial charge in [-0.05, 0) is 47.4 Å². The number of benzene rings is 2. The SMILES string of the molecule is OCc1ccc(CCNC2CSCCc3ccccc32)cc1. The van der Waals surface area contributed by atoms with Crippen molar-refractivity contribution >= 4 is 11.8 Å². The molecule has 0 aromatic heterocycles. The van der Waals surface area contributed by atoms with Crippen LogP contribution in [0.2, 0.25) is 0 Å². The molecule has 0 spiro atoms. The highest BCUT2D eigenvalue weighted by atomic mass is 32.2. The zero-order valence-electron chi connectivity index (χ0n) is 12.8. The maximum absolute atomic E-state index is 9.08. The Morgan fingerprint density at radius 2 is 1.82 bits per heavy atom. The minimum Gasteiger partial charge on any atom is -0.392 e. The van der Waals surface area contributed by atoms with Gasteiger partial charge in [0.25, 0.3) is 0 Å². The van der Waals surface area contributed by atoms with Gasteiger partial charge in [-0.2, -0.15) is 11.8 Å². The molecule has 0 radical (unpaired) electrons. The van der Waals surface area contributed by atoms with E-state index in [1.165, 1.54) is 28.9 Å². The molecule has 3 heteroatoms. The lowest BCUT2D eigenvalue weighted by atomic mass is 9.99. The van der Waals surface area contributed by atoms with Crippen LogP contribution >= 0.6 is 11.8 Å². The molecule has 0 saturated heterocycles. The van der Waals surface area contributed by atoms with Crippen molar-refractivity contribution in [2.45, 2.75) is 25.5 Å². The maximum atomic E-state index is 9.08. The Morgan fingerprint density at radius 1 is 1.05 bits per heavy atom. The Balaban J connectivity index is 1.59. The minimum atomic E-state index is 0.120. The van der Waals surface area contributed by atoms with Crippen molar-refractivity contribution in [1.29, 1.82) is 0 Å². The summed E-state index contributed by atoms with van der Waals surface area (Å²) in [5.41, 5.74) is 5.27. The number of aliphatic hydroxyl groups excluding tert-OH is 1. The van der Waals surface area contributed by atoms with E-state index < -0.39 is 0 Å². The van der Waals surface area contributed by atoms with Gasteiger partial charge < -0.3 is 10.4 Å². The Kier molecular flexibility index (Phi) is 5.54. The van der Waals surface area contributed by atoms with Gasteiger partial charge in [0, 0.05) is 11.8 Å². The second kappa shape index (κ2) is 7.82. The average Bonchev–Trinajstić information content (AvgIpc) is 2.78. The second-order valence-electron chi connectivity index (χ2n) is 5.76. The van der Waals surface area contributed by atoms with E-state index in [9.17, 15) is 0 Å². The summed E-state index contributed by atoms with van der Waals surface area (Å²) in [5.74, 6) is 2.37. The number of hydrogen-bond donors (Lipinski definition) is 2. The molecule has 1 aliphatic heterocycles. The van der Waals surface area contributed by atoms with Gasteiger partial charge in [-0.15, -0.1) is 0 Å². The van der Waals surface area contributed by atoms with Crippen molar-refractivity contribution in [3.63, 3.8) is 0 Å². The fourth-order valence-electron chi connectivity index (χ4n) is 2.95. The van der Waals surface area contributed by atoms with Crippen LogP contribution < -0.4 is 5.32 Å². The molecule has 1 aliphatic rings. The van der Waals surface area contributed by atoms with Crippen molar-refractivity contribution in [2.24, 2.45) is 0 Å². The number of nitrogens with one attached hydrogen (secondary N) is 1. The van der Waals surface area contributed by atoms with Crippen LogP contribution in [-0.2, 0) is 19.4 Å². The quantitative estimate of drug-likeness (QED) is 0.888. The van der Waals surface area contributed by atoms with E-state index >= 15 is 0 Å². The summed E-state index contributed by atoms with van der Waals surface area (Å²) < 4.78 is 0. The maximum Gasteiger partial charge on any atom is 0.0681 e. The third-order valence-corrected chi connectivity index (χ3v) is 5.30. The summed E-state index contributed by atoms with van der Waals surface area (Å²) in [7, 11) is 0. The molecule has 3 rings (SSSR count). The first-order valence-electron chi connectivity index (χ1n) is 7.94. The predicted octanol–water partition coefficient (Wildman–Crippen LogP) is 3.34. The topological polar surface area (TPSA) is 32.3 Å². The minimum absolute atomic E-state index is 0.120. The summed E-state index contributed by atoms with van der Waals surface area (Å²) in [6.45, 7) is 1.10. The van der Waals surface area contributed by atoms with Gasteiger partial charge in [-0.25, -0.2) is 0 Å². The number of fused-ring (bicyclic) bond motifs is 1. The molecule has 0 saturated carbocycles. The highest BCUT2D eigenvalue weighted by molar-refractivity contribution is 7.99. The highest BCUT2D eigenvalue weighted by Crippen LogP contribution is 2.27. The van der Waals surface area contributed by atoms with E-state index in [0.717, 1.165) is 24.3 Å². The lowest BCUT2D eigenvalue weighted by Gasteiger charge is -2.19. The van der Waals surface area contributed by atoms with E-state index in [1.54, 1.807) is 0 Å². The average molecular weight is 313 g/mol. The molecule has 0 amide bonds. The normalized spacial score (nSPS) is 17.8. The number of thioether (sulfide) groups is 1. The molecule has 0 bridgehead atoms. The van der Waals surface area contributed by atoms with Gasteiger partial charge in [0.15, 0.2) is 0 Å². The summed E-state index contributed by atoms with van der Waals surface area (Å²) >= 11 is 2.04. The second-order valence-corrected chi connectivity index (χ2v) is 6.90. The van der Waals surface area contributed by atoms with Crippen molar-refractivity contribution in [2.75, 3.05) is 18.1 Å². The van der Waals surface area contributed by atoms with E-state index in [-0.39, 0.29) is 6.61 Å². The highest BCUT2D eigenvalue weighted by Gasteiger charge is 2.17. The first-order chi connectivity index (χ1) is 10.9.